The molecule has 3 aromatic heterocycles. The predicted octanol–water partition coefficient (Wildman–Crippen LogP) is 17.1. The fourth-order valence-corrected chi connectivity index (χ4v) is 13.1. The summed E-state index contributed by atoms with van der Waals surface area (Å²) in [7, 11) is 0. The molecule has 0 saturated carbocycles. The summed E-state index contributed by atoms with van der Waals surface area (Å²) in [5.41, 5.74) is 15.4. The molecule has 2 nitrogen and oxygen atoms in total. The summed E-state index contributed by atoms with van der Waals surface area (Å²) in [4.78, 5) is 2.48. The number of hydrogen-bond donors (Lipinski definition) is 0. The van der Waals surface area contributed by atoms with Crippen LogP contribution in [0.4, 0.5) is 17.1 Å². The van der Waals surface area contributed by atoms with E-state index in [0.29, 0.717) is 0 Å². The molecule has 8 aromatic carbocycles. The monoisotopic (exact) mass is 816 g/mol. The van der Waals surface area contributed by atoms with Gasteiger partial charge >= 0.3 is 0 Å². The highest BCUT2D eigenvalue weighted by atomic mass is 32.1. The van der Waals surface area contributed by atoms with Gasteiger partial charge in [-0.15, -0.1) is 22.7 Å². The Kier molecular flexibility index (Phi) is 7.55. The summed E-state index contributed by atoms with van der Waals surface area (Å²) >= 11 is 3.79. The molecule has 0 bridgehead atoms. The Bertz CT molecular complexity index is 3670. The maximum Gasteiger partial charge on any atom is 0.0719 e. The minimum Gasteiger partial charge on any atom is -0.310 e. The molecule has 0 amide bonds. The molecular formula is C57H40N2S2. The van der Waals surface area contributed by atoms with Crippen LogP contribution in [0.15, 0.2) is 188 Å². The average Bonchev–Trinajstić information content (AvgIpc) is 4.04. The summed E-state index contributed by atoms with van der Waals surface area (Å²) in [6.45, 7) is 4.84. The van der Waals surface area contributed by atoms with Crippen LogP contribution in [-0.4, -0.2) is 4.57 Å². The van der Waals surface area contributed by atoms with Gasteiger partial charge in [0.2, 0.25) is 0 Å². The van der Waals surface area contributed by atoms with Gasteiger partial charge in [0.1, 0.15) is 0 Å². The number of anilines is 3. The van der Waals surface area contributed by atoms with Crippen LogP contribution in [0.1, 0.15) is 37.8 Å². The number of hydrogen-bond acceptors (Lipinski definition) is 3. The van der Waals surface area contributed by atoms with Gasteiger partial charge in [0.25, 0.3) is 0 Å². The van der Waals surface area contributed by atoms with E-state index >= 15 is 0 Å². The second-order valence-corrected chi connectivity index (χ2v) is 19.3. The quantitative estimate of drug-likeness (QED) is 0.168. The van der Waals surface area contributed by atoms with Gasteiger partial charge in [-0.3, -0.25) is 0 Å². The molecule has 11 aromatic rings. The van der Waals surface area contributed by atoms with Crippen LogP contribution < -0.4 is 4.90 Å². The van der Waals surface area contributed by atoms with E-state index in [2.05, 4.69) is 205 Å². The van der Waals surface area contributed by atoms with E-state index in [1.807, 2.05) is 22.7 Å². The van der Waals surface area contributed by atoms with Crippen LogP contribution in [0.25, 0.3) is 84.5 Å². The van der Waals surface area contributed by atoms with Crippen molar-refractivity contribution in [2.24, 2.45) is 0 Å². The lowest BCUT2D eigenvalue weighted by Crippen LogP contribution is -2.18. The van der Waals surface area contributed by atoms with E-state index in [1.54, 1.807) is 5.57 Å². The van der Waals surface area contributed by atoms with Crippen LogP contribution in [0.3, 0.4) is 0 Å². The topological polar surface area (TPSA) is 8.17 Å². The highest BCUT2D eigenvalue weighted by Gasteiger charge is 2.38. The molecule has 3 heterocycles. The second-order valence-electron chi connectivity index (χ2n) is 17.2. The molecule has 2 aliphatic rings. The summed E-state index contributed by atoms with van der Waals surface area (Å²) < 4.78 is 7.80. The fraction of sp³-hybridized carbons (Fsp3) is 0.0877. The van der Waals surface area contributed by atoms with Gasteiger partial charge in [0.15, 0.2) is 0 Å². The Morgan fingerprint density at radius 3 is 1.98 bits per heavy atom. The number of rotatable bonds is 5. The van der Waals surface area contributed by atoms with Crippen LogP contribution in [0.2, 0.25) is 0 Å². The summed E-state index contributed by atoms with van der Waals surface area (Å²) in [5, 5.41) is 7.80. The van der Waals surface area contributed by atoms with E-state index < -0.39 is 0 Å². The Balaban J connectivity index is 1.02. The lowest BCUT2D eigenvalue weighted by molar-refractivity contribution is 0.607. The van der Waals surface area contributed by atoms with Crippen LogP contribution in [0.5, 0.6) is 0 Å². The van der Waals surface area contributed by atoms with Gasteiger partial charge < -0.3 is 9.47 Å². The number of para-hydroxylation sites is 1. The highest BCUT2D eigenvalue weighted by molar-refractivity contribution is 7.27. The van der Waals surface area contributed by atoms with Crippen molar-refractivity contribution in [2.75, 3.05) is 4.90 Å². The highest BCUT2D eigenvalue weighted by Crippen LogP contribution is 2.52. The van der Waals surface area contributed by atoms with Crippen molar-refractivity contribution >= 4 is 107 Å². The number of benzene rings is 8. The standard InChI is InChI=1S/C57H40N2S2/c1-57(2)49-20-9-6-15-41(49)42-29-27-39(34-50(42)57)58(37-25-23-35(24-26-37)40-18-12-19-46-43-16-7-10-21-52(43)60-55(40)46)38-28-32-51-48(33-38)45-30-31-47-44-17-8-11-22-53(44)61-56(47)54(45)59(51)36-13-4-3-5-14-36/h3-8,10-19,21-34H,9,20H2,1-2H3. The molecule has 0 saturated heterocycles. The number of aromatic nitrogens is 1. The number of allylic oxidation sites excluding steroid dienone is 4. The molecule has 0 N–H and O–H groups in total. The van der Waals surface area contributed by atoms with Crippen LogP contribution in [0, 0.1) is 0 Å². The third-order valence-electron chi connectivity index (χ3n) is 13.5. The first kappa shape index (κ1) is 35.1. The maximum absolute atomic E-state index is 2.49. The Labute approximate surface area is 362 Å². The molecule has 13 rings (SSSR count). The van der Waals surface area contributed by atoms with Crippen molar-refractivity contribution in [2.45, 2.75) is 32.1 Å². The molecule has 0 fully saturated rings. The summed E-state index contributed by atoms with van der Waals surface area (Å²) in [5.74, 6) is 0. The SMILES string of the molecule is CC1(C)C2=C(C=CCC2)c2ccc(N(c3ccc(-c4cccc5c4sc4ccccc45)cc3)c3ccc4c(c3)c3ccc5c6ccccc6sc5c3n4-c3ccccc3)cc21. The van der Waals surface area contributed by atoms with Gasteiger partial charge in [0, 0.05) is 74.6 Å². The zero-order valence-electron chi connectivity index (χ0n) is 33.9. The Morgan fingerprint density at radius 2 is 1.18 bits per heavy atom. The Hall–Kier alpha value is -6.72. The normalized spacial score (nSPS) is 14.6. The van der Waals surface area contributed by atoms with Gasteiger partial charge in [-0.1, -0.05) is 135 Å². The van der Waals surface area contributed by atoms with Crippen molar-refractivity contribution in [3.63, 3.8) is 0 Å². The average molecular weight is 817 g/mol. The predicted molar refractivity (Wildman–Crippen MR) is 265 cm³/mol. The molecule has 61 heavy (non-hydrogen) atoms. The molecule has 4 heteroatoms. The number of thiophene rings is 2. The molecule has 0 spiro atoms. The third kappa shape index (κ3) is 5.13. The first-order valence-electron chi connectivity index (χ1n) is 21.3. The van der Waals surface area contributed by atoms with Gasteiger partial charge in [-0.25, -0.2) is 0 Å². The summed E-state index contributed by atoms with van der Waals surface area (Å²) in [6.07, 6.45) is 6.94. The van der Waals surface area contributed by atoms with Crippen molar-refractivity contribution in [3.8, 4) is 16.8 Å². The second kappa shape index (κ2) is 13.1. The van der Waals surface area contributed by atoms with Crippen LogP contribution in [-0.2, 0) is 5.41 Å². The number of nitrogens with zero attached hydrogens (tertiary/aromatic N) is 2. The van der Waals surface area contributed by atoms with Gasteiger partial charge in [0.05, 0.1) is 15.7 Å². The fourth-order valence-electron chi connectivity index (χ4n) is 10.6. The van der Waals surface area contributed by atoms with Gasteiger partial charge in [-0.2, -0.15) is 0 Å². The molecule has 0 unspecified atom stereocenters. The largest absolute Gasteiger partial charge is 0.310 e. The van der Waals surface area contributed by atoms with E-state index in [4.69, 9.17) is 0 Å². The third-order valence-corrected chi connectivity index (χ3v) is 15.9. The molecule has 290 valence electrons. The van der Waals surface area contributed by atoms with Crippen molar-refractivity contribution in [1.82, 2.24) is 4.57 Å². The lowest BCUT2D eigenvalue weighted by atomic mass is 9.78. The summed E-state index contributed by atoms with van der Waals surface area (Å²) in [6, 6.07) is 63.6. The number of fused-ring (bicyclic) bond motifs is 12. The molecule has 0 aliphatic heterocycles. The van der Waals surface area contributed by atoms with Crippen LogP contribution >= 0.6 is 22.7 Å². The Morgan fingerprint density at radius 1 is 0.525 bits per heavy atom. The minimum absolute atomic E-state index is 0.0351. The van der Waals surface area contributed by atoms with Crippen molar-refractivity contribution in [3.05, 3.63) is 199 Å². The first-order valence-corrected chi connectivity index (χ1v) is 22.9. The maximum atomic E-state index is 2.49. The van der Waals surface area contributed by atoms with Gasteiger partial charge in [-0.05, 0) is 107 Å². The first-order chi connectivity index (χ1) is 30.0. The van der Waals surface area contributed by atoms with E-state index in [9.17, 15) is 0 Å². The molecule has 0 atom stereocenters. The zero-order chi connectivity index (χ0) is 40.4. The minimum atomic E-state index is -0.0351. The molecule has 2 aliphatic carbocycles. The van der Waals surface area contributed by atoms with Crippen molar-refractivity contribution in [1.29, 1.82) is 0 Å². The lowest BCUT2D eigenvalue weighted by Gasteiger charge is -2.29. The van der Waals surface area contributed by atoms with E-state index in [1.165, 1.54) is 101 Å². The molecule has 0 radical (unpaired) electrons. The van der Waals surface area contributed by atoms with E-state index in [0.717, 1.165) is 24.2 Å². The zero-order valence-corrected chi connectivity index (χ0v) is 35.6. The van der Waals surface area contributed by atoms with E-state index in [-0.39, 0.29) is 5.41 Å². The smallest absolute Gasteiger partial charge is 0.0719 e. The molecular weight excluding hydrogens is 777 g/mol. The van der Waals surface area contributed by atoms with Crippen molar-refractivity contribution < 1.29 is 0 Å².